The zero-order chi connectivity index (χ0) is 21.1. The van der Waals surface area contributed by atoms with Gasteiger partial charge in [0.15, 0.2) is 0 Å². The Balaban J connectivity index is 1.33. The Kier molecular flexibility index (Phi) is 6.32. The fourth-order valence-electron chi connectivity index (χ4n) is 4.79. The highest BCUT2D eigenvalue weighted by atomic mass is 19.4. The number of nitrogens with one attached hydrogen (secondary N) is 1. The maximum atomic E-state index is 13.5. The van der Waals surface area contributed by atoms with E-state index in [9.17, 15) is 18.0 Å². The SMILES string of the molecule is O=C(CN1CCC(Cn2c(C(F)(F)F)nc3ccccc32)CC1)NC1CCCCC1. The van der Waals surface area contributed by atoms with Gasteiger partial charge < -0.3 is 9.88 Å². The lowest BCUT2D eigenvalue weighted by molar-refractivity contribution is -0.147. The molecule has 2 aliphatic rings. The van der Waals surface area contributed by atoms with E-state index in [4.69, 9.17) is 0 Å². The van der Waals surface area contributed by atoms with E-state index < -0.39 is 12.0 Å². The summed E-state index contributed by atoms with van der Waals surface area (Å²) < 4.78 is 41.8. The molecule has 0 atom stereocenters. The van der Waals surface area contributed by atoms with Crippen molar-refractivity contribution in [3.63, 3.8) is 0 Å². The third-order valence-electron chi connectivity index (χ3n) is 6.39. The van der Waals surface area contributed by atoms with Gasteiger partial charge in [0.1, 0.15) is 0 Å². The molecule has 2 heterocycles. The van der Waals surface area contributed by atoms with E-state index >= 15 is 0 Å². The predicted octanol–water partition coefficient (Wildman–Crippen LogP) is 4.22. The Labute approximate surface area is 174 Å². The molecule has 164 valence electrons. The van der Waals surface area contributed by atoms with Crippen LogP contribution in [0.25, 0.3) is 11.0 Å². The van der Waals surface area contributed by atoms with Gasteiger partial charge in [-0.15, -0.1) is 0 Å². The Morgan fingerprint density at radius 3 is 2.47 bits per heavy atom. The zero-order valence-electron chi connectivity index (χ0n) is 17.1. The van der Waals surface area contributed by atoms with E-state index in [0.717, 1.165) is 38.8 Å². The van der Waals surface area contributed by atoms with Gasteiger partial charge in [-0.1, -0.05) is 31.4 Å². The normalized spacial score (nSPS) is 20.0. The molecule has 1 amide bonds. The number of hydrogen-bond acceptors (Lipinski definition) is 3. The summed E-state index contributed by atoms with van der Waals surface area (Å²) in [7, 11) is 0. The number of rotatable bonds is 5. The second-order valence-corrected chi connectivity index (χ2v) is 8.65. The average Bonchev–Trinajstić information content (AvgIpc) is 3.09. The van der Waals surface area contributed by atoms with Crippen molar-refractivity contribution in [2.24, 2.45) is 5.92 Å². The summed E-state index contributed by atoms with van der Waals surface area (Å²) in [6, 6.07) is 7.07. The van der Waals surface area contributed by atoms with Crippen LogP contribution in [0.4, 0.5) is 13.2 Å². The highest BCUT2D eigenvalue weighted by molar-refractivity contribution is 5.78. The van der Waals surface area contributed by atoms with Crippen LogP contribution in [-0.4, -0.2) is 46.0 Å². The van der Waals surface area contributed by atoms with Crippen LogP contribution in [0.2, 0.25) is 0 Å². The van der Waals surface area contributed by atoms with E-state index in [1.54, 1.807) is 24.3 Å². The molecule has 8 heteroatoms. The van der Waals surface area contributed by atoms with Crippen molar-refractivity contribution in [2.45, 2.75) is 63.7 Å². The molecule has 1 saturated heterocycles. The zero-order valence-corrected chi connectivity index (χ0v) is 17.1. The maximum absolute atomic E-state index is 13.5. The van der Waals surface area contributed by atoms with Gasteiger partial charge in [0.2, 0.25) is 11.7 Å². The molecule has 1 N–H and O–H groups in total. The van der Waals surface area contributed by atoms with Gasteiger partial charge in [-0.3, -0.25) is 9.69 Å². The number of imidazole rings is 1. The van der Waals surface area contributed by atoms with Gasteiger partial charge in [-0.25, -0.2) is 4.98 Å². The van der Waals surface area contributed by atoms with Crippen molar-refractivity contribution in [3.05, 3.63) is 30.1 Å². The molecule has 0 unspecified atom stereocenters. The molecule has 1 aromatic carbocycles. The number of carbonyl (C=O) groups is 1. The number of para-hydroxylation sites is 2. The van der Waals surface area contributed by atoms with Crippen LogP contribution < -0.4 is 5.32 Å². The summed E-state index contributed by atoms with van der Waals surface area (Å²) >= 11 is 0. The third-order valence-corrected chi connectivity index (χ3v) is 6.39. The molecule has 2 fully saturated rings. The first-order valence-corrected chi connectivity index (χ1v) is 10.9. The van der Waals surface area contributed by atoms with Gasteiger partial charge >= 0.3 is 6.18 Å². The van der Waals surface area contributed by atoms with Crippen LogP contribution in [0.3, 0.4) is 0 Å². The number of aromatic nitrogens is 2. The summed E-state index contributed by atoms with van der Waals surface area (Å²) in [5, 5.41) is 3.14. The molecule has 0 spiro atoms. The minimum Gasteiger partial charge on any atom is -0.352 e. The van der Waals surface area contributed by atoms with Gasteiger partial charge in [0.05, 0.1) is 17.6 Å². The minimum absolute atomic E-state index is 0.0697. The Bertz CT molecular complexity index is 865. The standard InChI is InChI=1S/C22H29F3N4O/c23-22(24,25)21-27-18-8-4-5-9-19(18)29(21)14-16-10-12-28(13-11-16)15-20(30)26-17-6-2-1-3-7-17/h4-5,8-9,16-17H,1-3,6-7,10-15H2,(H,26,30). The molecule has 30 heavy (non-hydrogen) atoms. The van der Waals surface area contributed by atoms with E-state index in [2.05, 4.69) is 15.2 Å². The number of halogens is 3. The van der Waals surface area contributed by atoms with Crippen LogP contribution >= 0.6 is 0 Å². The Morgan fingerprint density at radius 2 is 1.77 bits per heavy atom. The van der Waals surface area contributed by atoms with Crippen LogP contribution in [0.1, 0.15) is 50.8 Å². The lowest BCUT2D eigenvalue weighted by atomic mass is 9.95. The van der Waals surface area contributed by atoms with Crippen molar-refractivity contribution in [1.29, 1.82) is 0 Å². The maximum Gasteiger partial charge on any atom is 0.449 e. The highest BCUT2D eigenvalue weighted by Gasteiger charge is 2.38. The quantitative estimate of drug-likeness (QED) is 0.785. The molecule has 1 aromatic heterocycles. The molecular weight excluding hydrogens is 393 g/mol. The number of fused-ring (bicyclic) bond motifs is 1. The van der Waals surface area contributed by atoms with Crippen molar-refractivity contribution in [3.8, 4) is 0 Å². The first kappa shape index (κ1) is 21.2. The highest BCUT2D eigenvalue weighted by Crippen LogP contribution is 2.33. The molecule has 2 aromatic rings. The molecular formula is C22H29F3N4O. The summed E-state index contributed by atoms with van der Waals surface area (Å²) in [5.74, 6) is -0.611. The van der Waals surface area contributed by atoms with Crippen molar-refractivity contribution in [1.82, 2.24) is 19.8 Å². The number of alkyl halides is 3. The second kappa shape index (κ2) is 8.96. The fourth-order valence-corrected chi connectivity index (χ4v) is 4.79. The first-order chi connectivity index (χ1) is 14.4. The molecule has 1 aliphatic heterocycles. The Morgan fingerprint density at radius 1 is 1.07 bits per heavy atom. The van der Waals surface area contributed by atoms with Gasteiger partial charge in [-0.05, 0) is 56.8 Å². The summed E-state index contributed by atoms with van der Waals surface area (Å²) in [6.45, 7) is 2.15. The predicted molar refractivity (Wildman–Crippen MR) is 109 cm³/mol. The van der Waals surface area contributed by atoms with Crippen LogP contribution in [0.15, 0.2) is 24.3 Å². The molecule has 0 bridgehead atoms. The Hall–Kier alpha value is -2.09. The number of carbonyl (C=O) groups excluding carboxylic acids is 1. The summed E-state index contributed by atoms with van der Waals surface area (Å²) in [6.07, 6.45) is 2.82. The smallest absolute Gasteiger partial charge is 0.352 e. The van der Waals surface area contributed by atoms with Gasteiger partial charge in [0.25, 0.3) is 0 Å². The van der Waals surface area contributed by atoms with Crippen LogP contribution in [0, 0.1) is 5.92 Å². The lowest BCUT2D eigenvalue weighted by Crippen LogP contribution is -2.45. The fraction of sp³-hybridized carbons (Fsp3) is 0.636. The van der Waals surface area contributed by atoms with E-state index in [0.29, 0.717) is 30.2 Å². The first-order valence-electron chi connectivity index (χ1n) is 10.9. The molecule has 0 radical (unpaired) electrons. The monoisotopic (exact) mass is 422 g/mol. The minimum atomic E-state index is -4.48. The number of piperidine rings is 1. The van der Waals surface area contributed by atoms with E-state index in [-0.39, 0.29) is 11.8 Å². The van der Waals surface area contributed by atoms with Crippen molar-refractivity contribution >= 4 is 16.9 Å². The number of likely N-dealkylation sites (tertiary alicyclic amines) is 1. The second-order valence-electron chi connectivity index (χ2n) is 8.65. The number of hydrogen-bond donors (Lipinski definition) is 1. The lowest BCUT2D eigenvalue weighted by Gasteiger charge is -2.32. The largest absolute Gasteiger partial charge is 0.449 e. The topological polar surface area (TPSA) is 50.2 Å². The van der Waals surface area contributed by atoms with Crippen molar-refractivity contribution in [2.75, 3.05) is 19.6 Å². The number of nitrogens with zero attached hydrogens (tertiary/aromatic N) is 3. The average molecular weight is 422 g/mol. The van der Waals surface area contributed by atoms with Crippen LogP contribution in [-0.2, 0) is 17.5 Å². The summed E-state index contributed by atoms with van der Waals surface area (Å²) in [5.41, 5.74) is 0.903. The van der Waals surface area contributed by atoms with Crippen LogP contribution in [0.5, 0.6) is 0 Å². The summed E-state index contributed by atoms with van der Waals surface area (Å²) in [4.78, 5) is 18.3. The van der Waals surface area contributed by atoms with Crippen molar-refractivity contribution < 1.29 is 18.0 Å². The number of amides is 1. The molecule has 1 aliphatic carbocycles. The molecule has 5 nitrogen and oxygen atoms in total. The molecule has 4 rings (SSSR count). The number of benzene rings is 1. The van der Waals surface area contributed by atoms with E-state index in [1.807, 2.05) is 0 Å². The van der Waals surface area contributed by atoms with Gasteiger partial charge in [0, 0.05) is 12.6 Å². The molecule has 1 saturated carbocycles. The van der Waals surface area contributed by atoms with E-state index in [1.165, 1.54) is 23.8 Å². The van der Waals surface area contributed by atoms with Gasteiger partial charge in [-0.2, -0.15) is 13.2 Å². The third kappa shape index (κ3) is 4.96.